The second kappa shape index (κ2) is 8.23. The third kappa shape index (κ3) is 4.75. The van der Waals surface area contributed by atoms with Crippen molar-refractivity contribution in [2.45, 2.75) is 53.4 Å². The number of hydrogen-bond donors (Lipinski definition) is 0. The molecule has 3 aromatic rings. The normalized spacial score (nSPS) is 11.8. The SMILES string of the molecule is CCC(C)(C)CC(=O)c1cc(-c2ccc(F)cc2)cc(-n2nnnc2C(C)C)c1. The Balaban J connectivity index is 2.13. The third-order valence-electron chi connectivity index (χ3n) is 5.27. The van der Waals surface area contributed by atoms with E-state index in [2.05, 4.69) is 36.3 Å². The summed E-state index contributed by atoms with van der Waals surface area (Å²) < 4.78 is 15.1. The Bertz CT molecular complexity index is 1010. The van der Waals surface area contributed by atoms with Gasteiger partial charge in [-0.25, -0.2) is 4.39 Å². The Labute approximate surface area is 171 Å². The highest BCUT2D eigenvalue weighted by atomic mass is 19.1. The fourth-order valence-electron chi connectivity index (χ4n) is 3.10. The lowest BCUT2D eigenvalue weighted by molar-refractivity contribution is 0.0928. The fourth-order valence-corrected chi connectivity index (χ4v) is 3.10. The molecule has 0 unspecified atom stereocenters. The minimum absolute atomic E-state index is 0.0706. The molecule has 0 aliphatic rings. The Hall–Kier alpha value is -2.89. The van der Waals surface area contributed by atoms with Gasteiger partial charge in [-0.3, -0.25) is 4.79 Å². The van der Waals surface area contributed by atoms with E-state index in [1.54, 1.807) is 16.8 Å². The smallest absolute Gasteiger partial charge is 0.163 e. The Morgan fingerprint density at radius 1 is 1.10 bits per heavy atom. The molecule has 6 heteroatoms. The lowest BCUT2D eigenvalue weighted by atomic mass is 9.83. The molecule has 2 aromatic carbocycles. The molecule has 1 aromatic heterocycles. The molecule has 1 heterocycles. The molecule has 0 saturated heterocycles. The molecule has 0 N–H and O–H groups in total. The van der Waals surface area contributed by atoms with Gasteiger partial charge in [-0.2, -0.15) is 4.68 Å². The fraction of sp³-hybridized carbons (Fsp3) is 0.391. The summed E-state index contributed by atoms with van der Waals surface area (Å²) >= 11 is 0. The van der Waals surface area contributed by atoms with Crippen LogP contribution in [0, 0.1) is 11.2 Å². The average molecular weight is 394 g/mol. The van der Waals surface area contributed by atoms with Crippen LogP contribution in [-0.4, -0.2) is 26.0 Å². The number of hydrogen-bond acceptors (Lipinski definition) is 4. The molecule has 0 aliphatic carbocycles. The van der Waals surface area contributed by atoms with Crippen LogP contribution in [0.3, 0.4) is 0 Å². The molecule has 0 amide bonds. The Morgan fingerprint density at radius 2 is 1.79 bits per heavy atom. The summed E-state index contributed by atoms with van der Waals surface area (Å²) in [6, 6.07) is 11.9. The number of carbonyl (C=O) groups is 1. The van der Waals surface area contributed by atoms with Crippen LogP contribution in [0.2, 0.25) is 0 Å². The first-order chi connectivity index (χ1) is 13.7. The molecule has 152 valence electrons. The molecular weight excluding hydrogens is 367 g/mol. The summed E-state index contributed by atoms with van der Waals surface area (Å²) in [5, 5.41) is 12.1. The van der Waals surface area contributed by atoms with Crippen LogP contribution in [0.15, 0.2) is 42.5 Å². The van der Waals surface area contributed by atoms with Crippen LogP contribution in [0.25, 0.3) is 16.8 Å². The number of rotatable bonds is 7. The second-order valence-electron chi connectivity index (χ2n) is 8.50. The van der Waals surface area contributed by atoms with Gasteiger partial charge in [-0.05, 0) is 57.3 Å². The Kier molecular flexibility index (Phi) is 5.91. The molecule has 29 heavy (non-hydrogen) atoms. The standard InChI is InChI=1S/C23H27FN4O/c1-6-23(4,5)14-21(29)18-11-17(16-7-9-19(24)10-8-16)12-20(13-18)28-22(15(2)3)25-26-27-28/h7-13,15H,6,14H2,1-5H3. The first-order valence-electron chi connectivity index (χ1n) is 9.93. The van der Waals surface area contributed by atoms with E-state index in [4.69, 9.17) is 0 Å². The summed E-state index contributed by atoms with van der Waals surface area (Å²) in [6.07, 6.45) is 1.36. The highest BCUT2D eigenvalue weighted by molar-refractivity contribution is 5.98. The predicted octanol–water partition coefficient (Wildman–Crippen LogP) is 5.60. The molecule has 0 radical (unpaired) electrons. The molecule has 0 spiro atoms. The highest BCUT2D eigenvalue weighted by Crippen LogP contribution is 2.30. The molecule has 0 fully saturated rings. The number of carbonyl (C=O) groups excluding carboxylic acids is 1. The van der Waals surface area contributed by atoms with Crippen LogP contribution >= 0.6 is 0 Å². The number of nitrogens with zero attached hydrogens (tertiary/aromatic N) is 4. The molecule has 0 atom stereocenters. The number of Topliss-reactive ketones (excluding diaryl/α,β-unsaturated/α-hetero) is 1. The van der Waals surface area contributed by atoms with E-state index in [9.17, 15) is 9.18 Å². The van der Waals surface area contributed by atoms with E-state index in [0.29, 0.717) is 17.8 Å². The van der Waals surface area contributed by atoms with Gasteiger partial charge < -0.3 is 0 Å². The van der Waals surface area contributed by atoms with Gasteiger partial charge in [-0.1, -0.05) is 53.2 Å². The lowest BCUT2D eigenvalue weighted by Gasteiger charge is -2.21. The zero-order valence-electron chi connectivity index (χ0n) is 17.6. The van der Waals surface area contributed by atoms with Crippen molar-refractivity contribution in [2.24, 2.45) is 5.41 Å². The van der Waals surface area contributed by atoms with Gasteiger partial charge in [-0.15, -0.1) is 5.10 Å². The van der Waals surface area contributed by atoms with Crippen LogP contribution in [0.4, 0.5) is 4.39 Å². The van der Waals surface area contributed by atoms with E-state index >= 15 is 0 Å². The van der Waals surface area contributed by atoms with Crippen molar-refractivity contribution < 1.29 is 9.18 Å². The van der Waals surface area contributed by atoms with Crippen molar-refractivity contribution in [1.29, 1.82) is 0 Å². The van der Waals surface area contributed by atoms with Gasteiger partial charge in [0, 0.05) is 17.9 Å². The molecule has 0 saturated carbocycles. The number of ketones is 1. The van der Waals surface area contributed by atoms with Crippen molar-refractivity contribution in [3.8, 4) is 16.8 Å². The van der Waals surface area contributed by atoms with Crippen molar-refractivity contribution in [3.05, 3.63) is 59.7 Å². The van der Waals surface area contributed by atoms with Crippen molar-refractivity contribution >= 4 is 5.78 Å². The highest BCUT2D eigenvalue weighted by Gasteiger charge is 2.22. The van der Waals surface area contributed by atoms with E-state index in [-0.39, 0.29) is 22.9 Å². The first kappa shape index (κ1) is 20.8. The van der Waals surface area contributed by atoms with Gasteiger partial charge in [0.1, 0.15) is 5.82 Å². The second-order valence-corrected chi connectivity index (χ2v) is 8.50. The van der Waals surface area contributed by atoms with Crippen molar-refractivity contribution in [2.75, 3.05) is 0 Å². The minimum Gasteiger partial charge on any atom is -0.294 e. The zero-order chi connectivity index (χ0) is 21.2. The van der Waals surface area contributed by atoms with Gasteiger partial charge in [0.2, 0.25) is 0 Å². The quantitative estimate of drug-likeness (QED) is 0.489. The minimum atomic E-state index is -0.298. The molecule has 0 bridgehead atoms. The van der Waals surface area contributed by atoms with Crippen LogP contribution < -0.4 is 0 Å². The van der Waals surface area contributed by atoms with Crippen LogP contribution in [0.1, 0.15) is 69.6 Å². The predicted molar refractivity (Wildman–Crippen MR) is 112 cm³/mol. The van der Waals surface area contributed by atoms with Crippen molar-refractivity contribution in [3.63, 3.8) is 0 Å². The summed E-state index contributed by atoms with van der Waals surface area (Å²) in [6.45, 7) is 10.3. The first-order valence-corrected chi connectivity index (χ1v) is 9.93. The number of benzene rings is 2. The van der Waals surface area contributed by atoms with E-state index < -0.39 is 0 Å². The number of aromatic nitrogens is 4. The number of halogens is 1. The molecule has 3 rings (SSSR count). The van der Waals surface area contributed by atoms with Gasteiger partial charge >= 0.3 is 0 Å². The maximum Gasteiger partial charge on any atom is 0.163 e. The largest absolute Gasteiger partial charge is 0.294 e. The number of tetrazole rings is 1. The summed E-state index contributed by atoms with van der Waals surface area (Å²) in [4.78, 5) is 13.1. The molecular formula is C23H27FN4O. The van der Waals surface area contributed by atoms with E-state index in [1.807, 2.05) is 32.0 Å². The summed E-state index contributed by atoms with van der Waals surface area (Å²) in [7, 11) is 0. The van der Waals surface area contributed by atoms with Gasteiger partial charge in [0.15, 0.2) is 11.6 Å². The summed E-state index contributed by atoms with van der Waals surface area (Å²) in [5.41, 5.74) is 2.90. The van der Waals surface area contributed by atoms with E-state index in [1.165, 1.54) is 12.1 Å². The Morgan fingerprint density at radius 3 is 2.41 bits per heavy atom. The maximum absolute atomic E-state index is 13.4. The lowest BCUT2D eigenvalue weighted by Crippen LogP contribution is -2.16. The van der Waals surface area contributed by atoms with Gasteiger partial charge in [0.25, 0.3) is 0 Å². The van der Waals surface area contributed by atoms with E-state index in [0.717, 1.165) is 23.2 Å². The van der Waals surface area contributed by atoms with Crippen LogP contribution in [-0.2, 0) is 0 Å². The third-order valence-corrected chi connectivity index (χ3v) is 5.27. The topological polar surface area (TPSA) is 60.7 Å². The molecule has 5 nitrogen and oxygen atoms in total. The molecule has 0 aliphatic heterocycles. The van der Waals surface area contributed by atoms with Gasteiger partial charge in [0.05, 0.1) is 5.69 Å². The average Bonchev–Trinajstić information content (AvgIpc) is 3.18. The monoisotopic (exact) mass is 394 g/mol. The van der Waals surface area contributed by atoms with Crippen molar-refractivity contribution in [1.82, 2.24) is 20.2 Å². The summed E-state index contributed by atoms with van der Waals surface area (Å²) in [5.74, 6) is 0.612. The zero-order valence-corrected chi connectivity index (χ0v) is 17.6. The maximum atomic E-state index is 13.4. The van der Waals surface area contributed by atoms with Crippen LogP contribution in [0.5, 0.6) is 0 Å².